The normalized spacial score (nSPS) is 17.3. The molecule has 16 nitrogen and oxygen atoms in total. The lowest BCUT2D eigenvalue weighted by Crippen LogP contribution is -2.48. The molecule has 3 aliphatic heterocycles. The molecular weight excluding hydrogens is 849 g/mol. The zero-order chi connectivity index (χ0) is 45.5. The predicted octanol–water partition coefficient (Wildman–Crippen LogP) is 5.95. The molecule has 5 aromatic rings. The minimum Gasteiger partial charge on any atom is -0.368 e. The first-order valence-corrected chi connectivity index (χ1v) is 21.2. The highest BCUT2D eigenvalue weighted by Crippen LogP contribution is 2.26. The van der Waals surface area contributed by atoms with E-state index in [0.29, 0.717) is 49.2 Å². The summed E-state index contributed by atoms with van der Waals surface area (Å²) in [7, 11) is 0. The number of piperidine rings is 2. The van der Waals surface area contributed by atoms with Crippen LogP contribution in [0.1, 0.15) is 52.8 Å². The number of imide groups is 1. The molecule has 0 radical (unpaired) electrons. The third-order valence-corrected chi connectivity index (χ3v) is 11.6. The van der Waals surface area contributed by atoms with Crippen molar-refractivity contribution in [3.05, 3.63) is 120 Å². The highest BCUT2D eigenvalue weighted by molar-refractivity contribution is 6.04. The lowest BCUT2D eigenvalue weighted by molar-refractivity contribution is -0.133. The van der Waals surface area contributed by atoms with Crippen LogP contribution in [0.2, 0.25) is 0 Å². The van der Waals surface area contributed by atoms with Gasteiger partial charge in [-0.2, -0.15) is 4.98 Å². The molecule has 2 aromatic heterocycles. The number of hydrogen-bond acceptors (Lipinski definition) is 13. The van der Waals surface area contributed by atoms with Crippen LogP contribution in [0.15, 0.2) is 85.2 Å². The van der Waals surface area contributed by atoms with Gasteiger partial charge in [-0.3, -0.25) is 34.8 Å². The Labute approximate surface area is 371 Å². The molecule has 338 valence electrons. The molecule has 0 spiro atoms. The number of pyridine rings is 1. The monoisotopic (exact) mass is 894 g/mol. The number of anilines is 7. The van der Waals surface area contributed by atoms with Gasteiger partial charge < -0.3 is 26.2 Å². The van der Waals surface area contributed by atoms with Gasteiger partial charge in [-0.1, -0.05) is 12.1 Å². The quantitative estimate of drug-likeness (QED) is 0.0567. The van der Waals surface area contributed by atoms with Gasteiger partial charge in [-0.25, -0.2) is 32.5 Å². The molecule has 3 aromatic carbocycles. The van der Waals surface area contributed by atoms with Gasteiger partial charge in [0.25, 0.3) is 11.8 Å². The van der Waals surface area contributed by atoms with E-state index in [2.05, 4.69) is 56.8 Å². The molecule has 6 N–H and O–H groups in total. The summed E-state index contributed by atoms with van der Waals surface area (Å²) < 4.78 is 58.9. The van der Waals surface area contributed by atoms with Crippen molar-refractivity contribution in [1.82, 2.24) is 35.6 Å². The van der Waals surface area contributed by atoms with Crippen molar-refractivity contribution in [1.29, 1.82) is 0 Å². The number of halogens is 4. The molecule has 0 bridgehead atoms. The fraction of sp³-hybridized carbons (Fsp3) is 0.311. The Morgan fingerprint density at radius 1 is 0.692 bits per heavy atom. The van der Waals surface area contributed by atoms with Gasteiger partial charge in [0.1, 0.15) is 17.7 Å². The molecule has 3 aliphatic rings. The number of hydrazine groups is 1. The molecule has 3 saturated heterocycles. The average molecular weight is 895 g/mol. The van der Waals surface area contributed by atoms with Crippen LogP contribution < -0.4 is 36.9 Å². The second-order valence-corrected chi connectivity index (χ2v) is 16.0. The van der Waals surface area contributed by atoms with Gasteiger partial charge >= 0.3 is 0 Å². The van der Waals surface area contributed by atoms with Crippen molar-refractivity contribution in [2.24, 2.45) is 5.92 Å². The number of hydrogen-bond donors (Lipinski definition) is 6. The Balaban J connectivity index is 0.749. The van der Waals surface area contributed by atoms with Crippen molar-refractivity contribution in [3.8, 4) is 0 Å². The zero-order valence-corrected chi connectivity index (χ0v) is 35.1. The highest BCUT2D eigenvalue weighted by Gasteiger charge is 2.28. The van der Waals surface area contributed by atoms with Gasteiger partial charge in [-0.05, 0) is 92.7 Å². The largest absolute Gasteiger partial charge is 0.368 e. The van der Waals surface area contributed by atoms with E-state index in [1.165, 1.54) is 36.4 Å². The maximum atomic E-state index is 15.3. The van der Waals surface area contributed by atoms with E-state index in [0.717, 1.165) is 51.2 Å². The minimum absolute atomic E-state index is 0.0229. The van der Waals surface area contributed by atoms with Crippen LogP contribution in [0.25, 0.3) is 0 Å². The second kappa shape index (κ2) is 20.1. The Morgan fingerprint density at radius 3 is 2.14 bits per heavy atom. The van der Waals surface area contributed by atoms with Crippen LogP contribution in [0, 0.1) is 29.2 Å². The first-order chi connectivity index (χ1) is 31.4. The van der Waals surface area contributed by atoms with E-state index in [9.17, 15) is 32.3 Å². The first-order valence-electron chi connectivity index (χ1n) is 21.2. The topological polar surface area (TPSA) is 189 Å². The summed E-state index contributed by atoms with van der Waals surface area (Å²) in [6, 6.07) is 16.5. The van der Waals surface area contributed by atoms with Crippen LogP contribution in [0.3, 0.4) is 0 Å². The summed E-state index contributed by atoms with van der Waals surface area (Å²) in [4.78, 5) is 65.8. The van der Waals surface area contributed by atoms with E-state index in [-0.39, 0.29) is 53.1 Å². The third-order valence-electron chi connectivity index (χ3n) is 11.6. The van der Waals surface area contributed by atoms with Crippen LogP contribution in [0.4, 0.5) is 57.9 Å². The molecule has 1 atom stereocenters. The number of amides is 4. The summed E-state index contributed by atoms with van der Waals surface area (Å²) in [5, 5.41) is 15.1. The van der Waals surface area contributed by atoms with Crippen molar-refractivity contribution in [2.45, 2.75) is 38.1 Å². The van der Waals surface area contributed by atoms with Crippen LogP contribution in [-0.2, 0) is 9.59 Å². The molecule has 8 rings (SSSR count). The molecule has 1 unspecified atom stereocenters. The Bertz CT molecular complexity index is 2550. The molecule has 20 heteroatoms. The first kappa shape index (κ1) is 44.4. The molecular formula is C45H46F4N12O4. The van der Waals surface area contributed by atoms with Crippen molar-refractivity contribution in [3.63, 3.8) is 0 Å². The summed E-state index contributed by atoms with van der Waals surface area (Å²) >= 11 is 0. The van der Waals surface area contributed by atoms with Crippen molar-refractivity contribution in [2.75, 3.05) is 72.0 Å². The standard InChI is InChI=1S/C45H46F4N12O4/c46-34-4-2-1-3-32(34)42(63)53-29-7-5-28(6-8-29)52-41-37(49)26-51-45(57-41)54-30-9-10-33(35(47)23-30)43(64)58-61-17-14-27(15-18-61)13-16-59-19-21-60(22-20-59)31-24-36(48)40(50-25-31)55-38-11-12-39(62)56-44(38)65/h1-10,23-27,38H,11-22H2,(H,50,55)(H,53,63)(H,58,64)(H,56,62,65)(H2,51,52,54,57). The average Bonchev–Trinajstić information content (AvgIpc) is 3.29. The molecule has 65 heavy (non-hydrogen) atoms. The minimum atomic E-state index is -0.773. The number of aromatic nitrogens is 3. The highest BCUT2D eigenvalue weighted by atomic mass is 19.1. The molecule has 5 heterocycles. The smallest absolute Gasteiger partial charge is 0.268 e. The Hall–Kier alpha value is -7.19. The third kappa shape index (κ3) is 11.3. The zero-order valence-electron chi connectivity index (χ0n) is 35.1. The summed E-state index contributed by atoms with van der Waals surface area (Å²) in [6.07, 6.45) is 5.72. The van der Waals surface area contributed by atoms with Gasteiger partial charge in [0.2, 0.25) is 17.8 Å². The number of carbonyl (C=O) groups is 4. The Morgan fingerprint density at radius 2 is 1.42 bits per heavy atom. The lowest BCUT2D eigenvalue weighted by Gasteiger charge is -2.37. The fourth-order valence-corrected chi connectivity index (χ4v) is 7.87. The van der Waals surface area contributed by atoms with Gasteiger partial charge in [0.15, 0.2) is 23.3 Å². The summed E-state index contributed by atoms with van der Waals surface area (Å²) in [5.74, 6) is -4.55. The van der Waals surface area contributed by atoms with E-state index >= 15 is 4.39 Å². The second-order valence-electron chi connectivity index (χ2n) is 16.0. The van der Waals surface area contributed by atoms with E-state index in [4.69, 9.17) is 0 Å². The number of carbonyl (C=O) groups excluding carboxylic acids is 4. The number of rotatable bonds is 14. The summed E-state index contributed by atoms with van der Waals surface area (Å²) in [6.45, 7) is 5.18. The fourth-order valence-electron chi connectivity index (χ4n) is 7.87. The van der Waals surface area contributed by atoms with Gasteiger partial charge in [0.05, 0.1) is 29.2 Å². The van der Waals surface area contributed by atoms with E-state index in [1.54, 1.807) is 41.5 Å². The lowest BCUT2D eigenvalue weighted by atomic mass is 9.94. The van der Waals surface area contributed by atoms with E-state index in [1.807, 2.05) is 0 Å². The maximum Gasteiger partial charge on any atom is 0.268 e. The van der Waals surface area contributed by atoms with Crippen LogP contribution in [0.5, 0.6) is 0 Å². The van der Waals surface area contributed by atoms with Crippen LogP contribution >= 0.6 is 0 Å². The number of piperazine rings is 1. The Kier molecular flexibility index (Phi) is 13.7. The van der Waals surface area contributed by atoms with Crippen molar-refractivity contribution < 1.29 is 36.7 Å². The number of nitrogens with zero attached hydrogens (tertiary/aromatic N) is 6. The SMILES string of the molecule is O=C1CCC(Nc2ncc(N3CCN(CCC4CCN(NC(=O)c5ccc(Nc6ncc(F)c(Nc7ccc(NC(=O)c8ccccc8F)cc7)n6)cc5F)CC4)CC3)cc2F)C(=O)N1. The number of benzene rings is 3. The summed E-state index contributed by atoms with van der Waals surface area (Å²) in [5.41, 5.74) is 4.28. The number of nitrogens with one attached hydrogen (secondary N) is 6. The predicted molar refractivity (Wildman–Crippen MR) is 235 cm³/mol. The van der Waals surface area contributed by atoms with Gasteiger partial charge in [0, 0.05) is 68.8 Å². The van der Waals surface area contributed by atoms with Gasteiger partial charge in [-0.15, -0.1) is 0 Å². The molecule has 4 amide bonds. The molecule has 3 fully saturated rings. The van der Waals surface area contributed by atoms with E-state index < -0.39 is 47.0 Å². The molecule has 0 aliphatic carbocycles. The van der Waals surface area contributed by atoms with Crippen molar-refractivity contribution >= 4 is 64.0 Å². The maximum absolute atomic E-state index is 15.3. The molecule has 0 saturated carbocycles. The van der Waals surface area contributed by atoms with Crippen LogP contribution in [-0.4, -0.2) is 100 Å².